The van der Waals surface area contributed by atoms with Gasteiger partial charge in [-0.3, -0.25) is 0 Å². The summed E-state index contributed by atoms with van der Waals surface area (Å²) in [6.45, 7) is 9.54. The summed E-state index contributed by atoms with van der Waals surface area (Å²) in [5.41, 5.74) is 16.7. The molecule has 0 bridgehead atoms. The molecule has 0 amide bonds. The van der Waals surface area contributed by atoms with Crippen LogP contribution in [0.25, 0.3) is 11.1 Å². The van der Waals surface area contributed by atoms with Crippen molar-refractivity contribution in [3.05, 3.63) is 175 Å². The van der Waals surface area contributed by atoms with E-state index < -0.39 is 0 Å². The Kier molecular flexibility index (Phi) is 8.12. The first-order valence-electron chi connectivity index (χ1n) is 18.6. The molecule has 9 rings (SSSR count). The first kappa shape index (κ1) is 32.2. The summed E-state index contributed by atoms with van der Waals surface area (Å²) in [6.07, 6.45) is 0. The molecule has 4 heteroatoms. The topological polar surface area (TPSA) is 12.5 Å². The van der Waals surface area contributed by atoms with Crippen molar-refractivity contribution in [2.24, 2.45) is 0 Å². The standard InChI is InChI=1S/C48H41B2NO/c1-32(2)36-28-37(33(3)4)30-39(29-36)50-42-17-9-8-16-41(42)49(38-14-6-5-7-15-38)44-31-35(24-27-43(44)50)34-22-25-40(26-23-34)51-45-18-10-12-20-47(45)52-48-21-13-11-19-46(48)51/h5-33H,1-4H3. The molecule has 0 saturated heterocycles. The molecule has 0 atom stereocenters. The monoisotopic (exact) mass is 669 g/mol. The van der Waals surface area contributed by atoms with E-state index in [0.29, 0.717) is 11.8 Å². The van der Waals surface area contributed by atoms with Gasteiger partial charge in [-0.25, -0.2) is 0 Å². The molecule has 2 heterocycles. The fraction of sp³-hybridized carbons (Fsp3) is 0.125. The van der Waals surface area contributed by atoms with E-state index in [9.17, 15) is 0 Å². The number of hydrogen-bond acceptors (Lipinski definition) is 2. The van der Waals surface area contributed by atoms with Crippen LogP contribution in [0.15, 0.2) is 164 Å². The summed E-state index contributed by atoms with van der Waals surface area (Å²) in [5, 5.41) is 0. The van der Waals surface area contributed by atoms with Crippen LogP contribution in [0.5, 0.6) is 11.5 Å². The second kappa shape index (κ2) is 13.1. The second-order valence-corrected chi connectivity index (χ2v) is 14.9. The molecule has 0 N–H and O–H groups in total. The Morgan fingerprint density at radius 3 is 1.52 bits per heavy atom. The smallest absolute Gasteiger partial charge is 0.240 e. The van der Waals surface area contributed by atoms with Gasteiger partial charge in [0.05, 0.1) is 11.4 Å². The van der Waals surface area contributed by atoms with Crippen LogP contribution in [-0.2, 0) is 0 Å². The van der Waals surface area contributed by atoms with Gasteiger partial charge < -0.3 is 9.64 Å². The number of benzene rings is 7. The highest BCUT2D eigenvalue weighted by molar-refractivity contribution is 7.11. The molecule has 0 aromatic heterocycles. The lowest BCUT2D eigenvalue weighted by Crippen LogP contribution is -2.75. The van der Waals surface area contributed by atoms with Crippen molar-refractivity contribution in [1.82, 2.24) is 0 Å². The summed E-state index contributed by atoms with van der Waals surface area (Å²) < 4.78 is 6.28. The molecule has 0 saturated carbocycles. The molecule has 0 spiro atoms. The summed E-state index contributed by atoms with van der Waals surface area (Å²) in [7, 11) is 0. The molecule has 2 nitrogen and oxygen atoms in total. The van der Waals surface area contributed by atoms with Crippen LogP contribution in [0.4, 0.5) is 17.1 Å². The molecule has 2 aliphatic heterocycles. The average molecular weight is 669 g/mol. The maximum atomic E-state index is 6.28. The Bertz CT molecular complexity index is 2350. The van der Waals surface area contributed by atoms with Gasteiger partial charge in [-0.1, -0.05) is 188 Å². The molecule has 250 valence electrons. The van der Waals surface area contributed by atoms with E-state index in [2.05, 4.69) is 172 Å². The first-order chi connectivity index (χ1) is 25.4. The summed E-state index contributed by atoms with van der Waals surface area (Å²) in [4.78, 5) is 2.30. The molecule has 2 aliphatic rings. The van der Waals surface area contributed by atoms with Crippen LogP contribution in [-0.4, -0.2) is 13.4 Å². The fourth-order valence-electron chi connectivity index (χ4n) is 8.32. The third kappa shape index (κ3) is 5.54. The molecular formula is C48H41B2NO. The van der Waals surface area contributed by atoms with Crippen LogP contribution in [0.2, 0.25) is 0 Å². The minimum atomic E-state index is 0.141. The minimum Gasteiger partial charge on any atom is -0.453 e. The van der Waals surface area contributed by atoms with E-state index in [0.717, 1.165) is 28.6 Å². The van der Waals surface area contributed by atoms with Gasteiger partial charge in [0.15, 0.2) is 11.5 Å². The number of ether oxygens (including phenoxy) is 1. The van der Waals surface area contributed by atoms with Crippen molar-refractivity contribution in [3.63, 3.8) is 0 Å². The van der Waals surface area contributed by atoms with E-state index in [1.54, 1.807) is 0 Å². The zero-order chi connectivity index (χ0) is 35.3. The van der Waals surface area contributed by atoms with E-state index in [4.69, 9.17) is 4.74 Å². The number of para-hydroxylation sites is 4. The summed E-state index contributed by atoms with van der Waals surface area (Å²) in [6, 6.07) is 60.4. The number of hydrogen-bond donors (Lipinski definition) is 0. The maximum Gasteiger partial charge on any atom is 0.240 e. The molecule has 7 aromatic rings. The zero-order valence-electron chi connectivity index (χ0n) is 30.3. The fourth-order valence-corrected chi connectivity index (χ4v) is 8.32. The predicted octanol–water partition coefficient (Wildman–Crippen LogP) is 8.52. The third-order valence-electron chi connectivity index (χ3n) is 11.0. The highest BCUT2D eigenvalue weighted by atomic mass is 16.5. The SMILES string of the molecule is CC(C)c1cc(B2c3ccccc3B(c3ccccc3)c3cc(-c4ccc(N5c6ccccc6Oc6ccccc65)cc4)ccc32)cc(C(C)C)c1. The van der Waals surface area contributed by atoms with Crippen LogP contribution >= 0.6 is 0 Å². The Morgan fingerprint density at radius 2 is 0.923 bits per heavy atom. The average Bonchev–Trinajstić information content (AvgIpc) is 3.19. The van der Waals surface area contributed by atoms with Gasteiger partial charge in [0.2, 0.25) is 13.4 Å². The van der Waals surface area contributed by atoms with Gasteiger partial charge in [-0.05, 0) is 70.5 Å². The molecular weight excluding hydrogens is 628 g/mol. The lowest BCUT2D eigenvalue weighted by Gasteiger charge is -2.33. The molecule has 0 unspecified atom stereocenters. The van der Waals surface area contributed by atoms with Crippen LogP contribution in [0.3, 0.4) is 0 Å². The van der Waals surface area contributed by atoms with Gasteiger partial charge in [0.1, 0.15) is 0 Å². The molecule has 0 radical (unpaired) electrons. The Morgan fingerprint density at radius 1 is 0.423 bits per heavy atom. The number of nitrogens with zero attached hydrogens (tertiary/aromatic N) is 1. The zero-order valence-corrected chi connectivity index (χ0v) is 30.3. The van der Waals surface area contributed by atoms with E-state index >= 15 is 0 Å². The van der Waals surface area contributed by atoms with Crippen LogP contribution in [0, 0.1) is 0 Å². The predicted molar refractivity (Wildman–Crippen MR) is 223 cm³/mol. The number of fused-ring (bicyclic) bond motifs is 4. The van der Waals surface area contributed by atoms with Crippen molar-refractivity contribution in [2.75, 3.05) is 4.90 Å². The van der Waals surface area contributed by atoms with Gasteiger partial charge in [0.25, 0.3) is 0 Å². The Balaban J connectivity index is 1.18. The van der Waals surface area contributed by atoms with Gasteiger partial charge in [-0.2, -0.15) is 0 Å². The van der Waals surface area contributed by atoms with Gasteiger partial charge in [-0.15, -0.1) is 0 Å². The van der Waals surface area contributed by atoms with E-state index in [1.807, 2.05) is 24.3 Å². The van der Waals surface area contributed by atoms with Gasteiger partial charge >= 0.3 is 0 Å². The van der Waals surface area contributed by atoms with Gasteiger partial charge in [0, 0.05) is 5.69 Å². The number of anilines is 3. The highest BCUT2D eigenvalue weighted by Crippen LogP contribution is 2.50. The van der Waals surface area contributed by atoms with Crippen molar-refractivity contribution >= 4 is 63.3 Å². The molecule has 7 aromatic carbocycles. The lowest BCUT2D eigenvalue weighted by molar-refractivity contribution is 0.477. The first-order valence-corrected chi connectivity index (χ1v) is 18.6. The van der Waals surface area contributed by atoms with Crippen molar-refractivity contribution in [2.45, 2.75) is 39.5 Å². The number of rotatable bonds is 6. The normalized spacial score (nSPS) is 13.0. The largest absolute Gasteiger partial charge is 0.453 e. The van der Waals surface area contributed by atoms with Crippen LogP contribution < -0.4 is 42.4 Å². The van der Waals surface area contributed by atoms with Crippen LogP contribution in [0.1, 0.15) is 50.7 Å². The lowest BCUT2D eigenvalue weighted by atomic mass is 9.21. The molecule has 0 fully saturated rings. The van der Waals surface area contributed by atoms with E-state index in [-0.39, 0.29) is 13.4 Å². The Hall–Kier alpha value is -5.73. The third-order valence-corrected chi connectivity index (χ3v) is 11.0. The maximum absolute atomic E-state index is 6.28. The van der Waals surface area contributed by atoms with E-state index in [1.165, 1.54) is 55.0 Å². The second-order valence-electron chi connectivity index (χ2n) is 14.9. The highest BCUT2D eigenvalue weighted by Gasteiger charge is 2.39. The summed E-state index contributed by atoms with van der Waals surface area (Å²) in [5.74, 6) is 2.64. The Labute approximate surface area is 308 Å². The van der Waals surface area contributed by atoms with Crippen molar-refractivity contribution in [1.29, 1.82) is 0 Å². The molecule has 52 heavy (non-hydrogen) atoms. The minimum absolute atomic E-state index is 0.141. The summed E-state index contributed by atoms with van der Waals surface area (Å²) >= 11 is 0. The quantitative estimate of drug-likeness (QED) is 0.165. The van der Waals surface area contributed by atoms with Crippen molar-refractivity contribution < 1.29 is 4.74 Å². The van der Waals surface area contributed by atoms with Crippen molar-refractivity contribution in [3.8, 4) is 22.6 Å². The molecule has 0 aliphatic carbocycles.